The Kier molecular flexibility index (Phi) is 8.12. The zero-order valence-electron chi connectivity index (χ0n) is 12.1. The van der Waals surface area contributed by atoms with Gasteiger partial charge in [-0.15, -0.1) is 0 Å². The van der Waals surface area contributed by atoms with Crippen LogP contribution in [0.4, 0.5) is 0 Å². The lowest BCUT2D eigenvalue weighted by molar-refractivity contribution is 1.07. The van der Waals surface area contributed by atoms with Crippen LogP contribution in [0.2, 0.25) is 0 Å². The first kappa shape index (κ1) is 15.7. The van der Waals surface area contributed by atoms with Crippen molar-refractivity contribution in [2.75, 3.05) is 0 Å². The summed E-state index contributed by atoms with van der Waals surface area (Å²) in [5, 5.41) is 0. The van der Waals surface area contributed by atoms with E-state index < -0.39 is 0 Å². The fraction of sp³-hybridized carbons (Fsp3) is 0.533. The summed E-state index contributed by atoms with van der Waals surface area (Å²) in [6, 6.07) is 4.19. The van der Waals surface area contributed by atoms with Gasteiger partial charge in [0.2, 0.25) is 0 Å². The summed E-state index contributed by atoms with van der Waals surface area (Å²) in [7, 11) is 0. The number of hydrogen-bond donors (Lipinski definition) is 0. The van der Waals surface area contributed by atoms with E-state index in [1.807, 2.05) is 20.8 Å². The third-order valence-electron chi connectivity index (χ3n) is 2.04. The largest absolute Gasteiger partial charge is 0.307 e. The second-order valence-corrected chi connectivity index (χ2v) is 3.75. The molecule has 0 spiro atoms. The van der Waals surface area contributed by atoms with E-state index in [1.54, 1.807) is 0 Å². The highest BCUT2D eigenvalue weighted by Gasteiger charge is 1.96. The Balaban J connectivity index is 0.000000450. The second-order valence-electron chi connectivity index (χ2n) is 3.75. The number of aromatic nitrogens is 2. The molecule has 0 N–H and O–H groups in total. The van der Waals surface area contributed by atoms with Crippen LogP contribution in [0.3, 0.4) is 0 Å². The Morgan fingerprint density at radius 3 is 2.18 bits per heavy atom. The lowest BCUT2D eigenvalue weighted by Gasteiger charge is -1.96. The fourth-order valence-corrected chi connectivity index (χ4v) is 1.37. The number of pyridine rings is 1. The maximum absolute atomic E-state index is 4.35. The van der Waals surface area contributed by atoms with Crippen LogP contribution in [0.15, 0.2) is 24.5 Å². The average molecular weight is 234 g/mol. The molecule has 0 aliphatic heterocycles. The standard InChI is InChI=1S/C10H12N2.C3H8.C2H6/c1-3-9-4-5-10-11-8(2)6-12(10)7-9;1-3-2;1-2/h4-7H,3H2,1-2H3;3H2,1-2H3;1-2H3. The van der Waals surface area contributed by atoms with E-state index in [0.717, 1.165) is 17.8 Å². The third-order valence-corrected chi connectivity index (χ3v) is 2.04. The number of imidazole rings is 1. The highest BCUT2D eigenvalue weighted by Crippen LogP contribution is 2.07. The predicted molar refractivity (Wildman–Crippen MR) is 76.6 cm³/mol. The first-order chi connectivity index (χ1) is 8.21. The summed E-state index contributed by atoms with van der Waals surface area (Å²) in [6.07, 6.45) is 6.51. The lowest BCUT2D eigenvalue weighted by atomic mass is 10.2. The number of hydrogen-bond acceptors (Lipinski definition) is 1. The Hall–Kier alpha value is -1.31. The van der Waals surface area contributed by atoms with E-state index in [9.17, 15) is 0 Å². The van der Waals surface area contributed by atoms with Crippen molar-refractivity contribution in [2.45, 2.75) is 54.4 Å². The van der Waals surface area contributed by atoms with Gasteiger partial charge < -0.3 is 4.40 Å². The fourth-order valence-electron chi connectivity index (χ4n) is 1.37. The zero-order valence-corrected chi connectivity index (χ0v) is 12.1. The number of nitrogens with zero attached hydrogens (tertiary/aromatic N) is 2. The molecular formula is C15H26N2. The molecular weight excluding hydrogens is 208 g/mol. The van der Waals surface area contributed by atoms with Crippen molar-refractivity contribution in [3.63, 3.8) is 0 Å². The highest BCUT2D eigenvalue weighted by atomic mass is 15.0. The van der Waals surface area contributed by atoms with E-state index >= 15 is 0 Å². The van der Waals surface area contributed by atoms with Crippen LogP contribution in [0.1, 0.15) is 52.3 Å². The summed E-state index contributed by atoms with van der Waals surface area (Å²) in [5.74, 6) is 0. The molecule has 2 aromatic rings. The predicted octanol–water partition coefficient (Wildman–Crippen LogP) is 4.65. The minimum atomic E-state index is 1.03. The molecule has 2 heterocycles. The maximum atomic E-state index is 4.35. The van der Waals surface area contributed by atoms with Crippen LogP contribution in [0.5, 0.6) is 0 Å². The molecule has 2 rings (SSSR count). The first-order valence-electron chi connectivity index (χ1n) is 6.65. The van der Waals surface area contributed by atoms with Crippen molar-refractivity contribution in [1.82, 2.24) is 9.38 Å². The van der Waals surface area contributed by atoms with Crippen LogP contribution in [0, 0.1) is 6.92 Å². The van der Waals surface area contributed by atoms with Gasteiger partial charge in [0.15, 0.2) is 0 Å². The molecule has 96 valence electrons. The van der Waals surface area contributed by atoms with Gasteiger partial charge in [-0.1, -0.05) is 47.1 Å². The molecule has 2 heteroatoms. The molecule has 2 aromatic heterocycles. The second kappa shape index (κ2) is 8.80. The quantitative estimate of drug-likeness (QED) is 0.702. The zero-order chi connectivity index (χ0) is 13.3. The van der Waals surface area contributed by atoms with Gasteiger partial charge in [-0.2, -0.15) is 0 Å². The van der Waals surface area contributed by atoms with E-state index in [2.05, 4.69) is 54.7 Å². The van der Waals surface area contributed by atoms with Gasteiger partial charge in [0, 0.05) is 12.4 Å². The SMILES string of the molecule is CC.CCC.CCc1ccc2nc(C)cn2c1. The molecule has 0 saturated carbocycles. The minimum Gasteiger partial charge on any atom is -0.307 e. The van der Waals surface area contributed by atoms with Crippen LogP contribution >= 0.6 is 0 Å². The van der Waals surface area contributed by atoms with Crippen LogP contribution < -0.4 is 0 Å². The molecule has 0 atom stereocenters. The van der Waals surface area contributed by atoms with Crippen molar-refractivity contribution in [3.05, 3.63) is 35.8 Å². The minimum absolute atomic E-state index is 1.03. The highest BCUT2D eigenvalue weighted by molar-refractivity contribution is 5.41. The first-order valence-corrected chi connectivity index (χ1v) is 6.65. The Morgan fingerprint density at radius 2 is 1.65 bits per heavy atom. The number of aryl methyl sites for hydroxylation is 2. The maximum Gasteiger partial charge on any atom is 0.136 e. The van der Waals surface area contributed by atoms with Gasteiger partial charge in [-0.3, -0.25) is 0 Å². The molecule has 0 aromatic carbocycles. The van der Waals surface area contributed by atoms with Crippen molar-refractivity contribution < 1.29 is 0 Å². The van der Waals surface area contributed by atoms with E-state index in [4.69, 9.17) is 0 Å². The molecule has 0 fully saturated rings. The molecule has 0 radical (unpaired) electrons. The lowest BCUT2D eigenvalue weighted by Crippen LogP contribution is -1.86. The number of rotatable bonds is 1. The Bertz CT molecular complexity index is 416. The van der Waals surface area contributed by atoms with Crippen molar-refractivity contribution in [2.24, 2.45) is 0 Å². The van der Waals surface area contributed by atoms with Gasteiger partial charge in [0.1, 0.15) is 5.65 Å². The normalized spacial score (nSPS) is 9.06. The van der Waals surface area contributed by atoms with Crippen molar-refractivity contribution >= 4 is 5.65 Å². The van der Waals surface area contributed by atoms with Gasteiger partial charge in [-0.25, -0.2) is 4.98 Å². The molecule has 0 aliphatic rings. The smallest absolute Gasteiger partial charge is 0.136 e. The monoisotopic (exact) mass is 234 g/mol. The molecule has 2 nitrogen and oxygen atoms in total. The summed E-state index contributed by atoms with van der Waals surface area (Å²) in [5.41, 5.74) is 3.45. The number of fused-ring (bicyclic) bond motifs is 1. The van der Waals surface area contributed by atoms with Crippen molar-refractivity contribution in [1.29, 1.82) is 0 Å². The molecule has 17 heavy (non-hydrogen) atoms. The van der Waals surface area contributed by atoms with Crippen molar-refractivity contribution in [3.8, 4) is 0 Å². The van der Waals surface area contributed by atoms with E-state index in [-0.39, 0.29) is 0 Å². The van der Waals surface area contributed by atoms with E-state index in [1.165, 1.54) is 12.0 Å². The molecule has 0 saturated heterocycles. The molecule has 0 bridgehead atoms. The van der Waals surface area contributed by atoms with E-state index in [0.29, 0.717) is 0 Å². The van der Waals surface area contributed by atoms with Gasteiger partial charge in [0.25, 0.3) is 0 Å². The van der Waals surface area contributed by atoms with Gasteiger partial charge in [-0.05, 0) is 25.0 Å². The third kappa shape index (κ3) is 5.03. The van der Waals surface area contributed by atoms with Gasteiger partial charge in [0.05, 0.1) is 5.69 Å². The summed E-state index contributed by atoms with van der Waals surface area (Å²) < 4.78 is 2.08. The summed E-state index contributed by atoms with van der Waals surface area (Å²) in [4.78, 5) is 4.35. The Morgan fingerprint density at radius 1 is 1.06 bits per heavy atom. The topological polar surface area (TPSA) is 17.3 Å². The van der Waals surface area contributed by atoms with Crippen LogP contribution in [0.25, 0.3) is 5.65 Å². The van der Waals surface area contributed by atoms with Crippen LogP contribution in [-0.4, -0.2) is 9.38 Å². The molecule has 0 aliphatic carbocycles. The van der Waals surface area contributed by atoms with Crippen LogP contribution in [-0.2, 0) is 6.42 Å². The van der Waals surface area contributed by atoms with Gasteiger partial charge >= 0.3 is 0 Å². The molecule has 0 unspecified atom stereocenters. The Labute approximate surface area is 106 Å². The molecule has 0 amide bonds. The summed E-state index contributed by atoms with van der Waals surface area (Å²) in [6.45, 7) is 12.4. The summed E-state index contributed by atoms with van der Waals surface area (Å²) >= 11 is 0. The average Bonchev–Trinajstić information content (AvgIpc) is 2.71.